The Labute approximate surface area is 543 Å². The summed E-state index contributed by atoms with van der Waals surface area (Å²) in [6.07, 6.45) is 6.14. The number of aryl methyl sites for hydroxylation is 2. The maximum atomic E-state index is 13.6. The molecule has 1 unspecified atom stereocenters. The largest absolute Gasteiger partial charge is 0.379 e. The minimum absolute atomic E-state index is 0.0246. The molecule has 9 amide bonds. The third-order valence-corrected chi connectivity index (χ3v) is 16.8. The normalized spacial score (nSPS) is 13.7. The van der Waals surface area contributed by atoms with Crippen molar-refractivity contribution in [2.45, 2.75) is 103 Å². The Bertz CT molecular complexity index is 3580. The van der Waals surface area contributed by atoms with E-state index in [-0.39, 0.29) is 162 Å². The highest BCUT2D eigenvalue weighted by Crippen LogP contribution is 2.43. The summed E-state index contributed by atoms with van der Waals surface area (Å²) < 4.78 is 14.8. The molecule has 25 nitrogen and oxygen atoms in total. The SMILES string of the molecule is CCCn1nnc2c1-c1ccccc1CN(C(=O)CCNC(=O)CCOCCNC(=O)CCN1C(=O)CC(SC)C1=O)c1ccccc1-2.CCCn1nnc2c1-c1ccccc1CN(C(=O)CCNC(=O)CCOCCNC(=O)CCNC(=O)SC)c1ccccc1-2. The zero-order valence-electron chi connectivity index (χ0n) is 52.4. The van der Waals surface area contributed by atoms with E-state index in [4.69, 9.17) is 9.47 Å². The number of ether oxygens (including phenoxy) is 2. The molecule has 4 aromatic carbocycles. The number of nitrogens with one attached hydrogen (secondary N) is 5. The highest BCUT2D eigenvalue weighted by molar-refractivity contribution is 8.12. The van der Waals surface area contributed by atoms with Gasteiger partial charge in [0.15, 0.2) is 0 Å². The van der Waals surface area contributed by atoms with Crippen LogP contribution in [0.5, 0.6) is 0 Å². The highest BCUT2D eigenvalue weighted by Gasteiger charge is 2.38. The number of rotatable bonds is 29. The van der Waals surface area contributed by atoms with E-state index in [1.807, 2.05) is 106 Å². The minimum Gasteiger partial charge on any atom is -0.379 e. The molecule has 1 atom stereocenters. The summed E-state index contributed by atoms with van der Waals surface area (Å²) in [5.74, 6) is -1.68. The monoisotopic (exact) mass is 1300 g/mol. The van der Waals surface area contributed by atoms with Crippen molar-refractivity contribution in [2.75, 3.05) is 88.0 Å². The van der Waals surface area contributed by atoms with E-state index >= 15 is 0 Å². The van der Waals surface area contributed by atoms with Gasteiger partial charge in [0.1, 0.15) is 11.4 Å². The van der Waals surface area contributed by atoms with Gasteiger partial charge in [0.2, 0.25) is 47.3 Å². The van der Waals surface area contributed by atoms with Gasteiger partial charge in [-0.15, -0.1) is 10.2 Å². The first kappa shape index (κ1) is 69.1. The van der Waals surface area contributed by atoms with Crippen LogP contribution in [0, 0.1) is 0 Å². The van der Waals surface area contributed by atoms with E-state index in [0.717, 1.165) is 110 Å². The second-order valence-corrected chi connectivity index (χ2v) is 23.5. The zero-order valence-corrected chi connectivity index (χ0v) is 54.0. The summed E-state index contributed by atoms with van der Waals surface area (Å²) in [4.78, 5) is 116. The molecule has 9 rings (SSSR count). The van der Waals surface area contributed by atoms with E-state index in [0.29, 0.717) is 19.6 Å². The zero-order chi connectivity index (χ0) is 65.4. The van der Waals surface area contributed by atoms with Gasteiger partial charge in [0, 0.05) is 120 Å². The predicted octanol–water partition coefficient (Wildman–Crippen LogP) is 6.14. The maximum absolute atomic E-state index is 13.6. The number of carbonyl (C=O) groups is 9. The van der Waals surface area contributed by atoms with E-state index in [9.17, 15) is 43.2 Å². The standard InChI is InChI=1S/C34H41N7O6S.C31H39N7O5S/c1-3-17-41-33-24-9-5-4-8-23(24)22-40(26-11-7-6-10-25(26)32(33)37-38-41)30(44)12-15-35-29(43)14-19-47-20-16-36-28(42)13-18-39-31(45)21-27(48-2)34(39)46;1-3-18-38-30-23-9-5-4-8-22(23)21-37(25-11-7-6-10-24(25)29(30)35-36-38)28(41)13-16-32-27(40)14-19-43-20-17-33-26(39)12-15-34-31(42)44-2/h4-11,27H,3,12-22H2,1-2H3,(H,35,43)(H,36,42);4-11H,3,12-21H2,1-2H3,(H,32,40)(H,33,39)(H,34,42). The number of imide groups is 1. The van der Waals surface area contributed by atoms with E-state index in [2.05, 4.69) is 61.1 Å². The predicted molar refractivity (Wildman–Crippen MR) is 352 cm³/mol. The lowest BCUT2D eigenvalue weighted by Crippen LogP contribution is -2.36. The van der Waals surface area contributed by atoms with Crippen molar-refractivity contribution in [3.8, 4) is 45.0 Å². The van der Waals surface area contributed by atoms with Crippen molar-refractivity contribution in [3.63, 3.8) is 0 Å². The van der Waals surface area contributed by atoms with Gasteiger partial charge >= 0.3 is 0 Å². The molecule has 1 fully saturated rings. The van der Waals surface area contributed by atoms with Gasteiger partial charge in [-0.05, 0) is 48.6 Å². The molecule has 0 radical (unpaired) electrons. The first-order valence-electron chi connectivity index (χ1n) is 31.0. The molecule has 27 heteroatoms. The highest BCUT2D eigenvalue weighted by atomic mass is 32.2. The molecule has 6 aromatic rings. The third-order valence-electron chi connectivity index (χ3n) is 15.3. The quantitative estimate of drug-likeness (QED) is 0.0260. The molecule has 0 bridgehead atoms. The molecular formula is C65H80N14O11S2. The Morgan fingerprint density at radius 2 is 0.924 bits per heavy atom. The molecular weight excluding hydrogens is 1220 g/mol. The molecule has 0 spiro atoms. The van der Waals surface area contributed by atoms with Crippen molar-refractivity contribution in [3.05, 3.63) is 108 Å². The summed E-state index contributed by atoms with van der Waals surface area (Å²) in [5, 5.41) is 31.1. The number of amides is 9. The van der Waals surface area contributed by atoms with Crippen LogP contribution < -0.4 is 36.4 Å². The van der Waals surface area contributed by atoms with E-state index in [1.54, 1.807) is 22.3 Å². The van der Waals surface area contributed by atoms with Crippen LogP contribution in [0.15, 0.2) is 97.1 Å². The molecule has 488 valence electrons. The lowest BCUT2D eigenvalue weighted by atomic mass is 9.95. The fourth-order valence-corrected chi connectivity index (χ4v) is 11.6. The van der Waals surface area contributed by atoms with Gasteiger partial charge in [-0.3, -0.25) is 48.1 Å². The van der Waals surface area contributed by atoms with Crippen LogP contribution in [-0.4, -0.2) is 171 Å². The van der Waals surface area contributed by atoms with Crippen molar-refractivity contribution >= 4 is 87.4 Å². The third kappa shape index (κ3) is 18.5. The van der Waals surface area contributed by atoms with Crippen molar-refractivity contribution in [1.29, 1.82) is 0 Å². The summed E-state index contributed by atoms with van der Waals surface area (Å²) in [6.45, 7) is 8.48. The van der Waals surface area contributed by atoms with E-state index in [1.165, 1.54) is 11.8 Å². The lowest BCUT2D eigenvalue weighted by molar-refractivity contribution is -0.139. The molecule has 1 saturated heterocycles. The average molecular weight is 1300 g/mol. The number of carbonyl (C=O) groups excluding carboxylic acids is 9. The first-order valence-corrected chi connectivity index (χ1v) is 33.5. The van der Waals surface area contributed by atoms with Gasteiger partial charge < -0.3 is 45.9 Å². The van der Waals surface area contributed by atoms with Crippen LogP contribution >= 0.6 is 23.5 Å². The van der Waals surface area contributed by atoms with Crippen LogP contribution in [-0.2, 0) is 74.0 Å². The van der Waals surface area contributed by atoms with Crippen LogP contribution in [0.4, 0.5) is 16.2 Å². The van der Waals surface area contributed by atoms with Crippen molar-refractivity contribution in [1.82, 2.24) is 61.5 Å². The van der Waals surface area contributed by atoms with Gasteiger partial charge in [0.05, 0.1) is 67.5 Å². The Morgan fingerprint density at radius 3 is 1.38 bits per heavy atom. The smallest absolute Gasteiger partial charge is 0.278 e. The fraction of sp³-hybridized carbons (Fsp3) is 0.431. The number of aromatic nitrogens is 6. The number of nitrogens with zero attached hydrogens (tertiary/aromatic N) is 9. The van der Waals surface area contributed by atoms with E-state index < -0.39 is 0 Å². The molecule has 92 heavy (non-hydrogen) atoms. The number of likely N-dealkylation sites (tertiary alicyclic amines) is 1. The molecule has 2 aromatic heterocycles. The van der Waals surface area contributed by atoms with Crippen LogP contribution in [0.25, 0.3) is 45.0 Å². The first-order chi connectivity index (χ1) is 44.7. The Morgan fingerprint density at radius 1 is 0.500 bits per heavy atom. The molecule has 3 aliphatic heterocycles. The van der Waals surface area contributed by atoms with Gasteiger partial charge in [-0.1, -0.05) is 121 Å². The topological polar surface area (TPSA) is 303 Å². The molecule has 0 saturated carbocycles. The second-order valence-electron chi connectivity index (χ2n) is 21.7. The maximum Gasteiger partial charge on any atom is 0.278 e. The van der Waals surface area contributed by atoms with Crippen LogP contribution in [0.3, 0.4) is 0 Å². The average Bonchev–Trinajstić information content (AvgIpc) is 1.46. The van der Waals surface area contributed by atoms with Gasteiger partial charge in [-0.25, -0.2) is 9.36 Å². The Balaban J connectivity index is 0.000000238. The van der Waals surface area contributed by atoms with Gasteiger partial charge in [-0.2, -0.15) is 11.8 Å². The second kappa shape index (κ2) is 35.1. The fourth-order valence-electron chi connectivity index (χ4n) is 10.7. The summed E-state index contributed by atoms with van der Waals surface area (Å²) in [7, 11) is 0. The van der Waals surface area contributed by atoms with Crippen LogP contribution in [0.2, 0.25) is 0 Å². The number of anilines is 2. The Hall–Kier alpha value is -8.79. The number of hydrogen-bond acceptors (Lipinski definition) is 17. The van der Waals surface area contributed by atoms with Gasteiger partial charge in [0.25, 0.3) is 5.24 Å². The lowest BCUT2D eigenvalue weighted by Gasteiger charge is -2.28. The number of para-hydroxylation sites is 2. The minimum atomic E-state index is -0.365. The number of benzene rings is 4. The van der Waals surface area contributed by atoms with Crippen molar-refractivity contribution < 1.29 is 52.6 Å². The summed E-state index contributed by atoms with van der Waals surface area (Å²) in [6, 6.07) is 31.4. The van der Waals surface area contributed by atoms with Crippen LogP contribution in [0.1, 0.15) is 82.8 Å². The summed E-state index contributed by atoms with van der Waals surface area (Å²) >= 11 is 2.39. The summed E-state index contributed by atoms with van der Waals surface area (Å²) in [5.41, 5.74) is 10.5. The molecule has 3 aliphatic rings. The van der Waals surface area contributed by atoms with Crippen molar-refractivity contribution in [2.24, 2.45) is 0 Å². The molecule has 5 heterocycles. The number of hydrogen-bond donors (Lipinski definition) is 5. The molecule has 0 aliphatic carbocycles. The molecule has 5 N–H and O–H groups in total. The Kier molecular flexibility index (Phi) is 26.4. The number of thioether (sulfide) groups is 2. The number of fused-ring (bicyclic) bond motifs is 10.